The maximum Gasteiger partial charge on any atom is 0.144 e. The summed E-state index contributed by atoms with van der Waals surface area (Å²) in [6.45, 7) is 0. The summed E-state index contributed by atoms with van der Waals surface area (Å²) in [5, 5.41) is 2.25. The van der Waals surface area contributed by atoms with Gasteiger partial charge in [-0.2, -0.15) is 0 Å². The van der Waals surface area contributed by atoms with Gasteiger partial charge in [0.1, 0.15) is 23.2 Å². The molecule has 5 aromatic rings. The monoisotopic (exact) mass is 467 g/mol. The molecule has 7 rings (SSSR count). The molecule has 0 radical (unpaired) electrons. The average molecular weight is 468 g/mol. The molecule has 36 heavy (non-hydrogen) atoms. The third-order valence-corrected chi connectivity index (χ3v) is 6.96. The topological polar surface area (TPSA) is 49.6 Å². The number of rotatable bonds is 4. The maximum atomic E-state index is 6.50. The molecule has 0 amide bonds. The van der Waals surface area contributed by atoms with Crippen molar-refractivity contribution >= 4 is 27.8 Å². The predicted molar refractivity (Wildman–Crippen MR) is 147 cm³/mol. The number of benzene rings is 4. The van der Waals surface area contributed by atoms with Gasteiger partial charge in [0.05, 0.1) is 0 Å². The second kappa shape index (κ2) is 8.67. The highest BCUT2D eigenvalue weighted by atomic mass is 16.3. The highest BCUT2D eigenvalue weighted by molar-refractivity contribution is 6.13. The zero-order valence-corrected chi connectivity index (χ0v) is 19.7. The molecule has 0 bridgehead atoms. The summed E-state index contributed by atoms with van der Waals surface area (Å²) in [5.74, 6) is 0.888. The molecule has 0 saturated heterocycles. The Morgan fingerprint density at radius 2 is 1.56 bits per heavy atom. The van der Waals surface area contributed by atoms with Crippen LogP contribution in [0.15, 0.2) is 124 Å². The van der Waals surface area contributed by atoms with E-state index in [2.05, 4.69) is 114 Å². The van der Waals surface area contributed by atoms with Gasteiger partial charge >= 0.3 is 0 Å². The van der Waals surface area contributed by atoms with Crippen LogP contribution in [0.25, 0.3) is 44.2 Å². The van der Waals surface area contributed by atoms with Crippen molar-refractivity contribution in [3.8, 4) is 22.3 Å². The zero-order chi connectivity index (χ0) is 23.9. The highest BCUT2D eigenvalue weighted by Gasteiger charge is 2.22. The zero-order valence-electron chi connectivity index (χ0n) is 19.7. The van der Waals surface area contributed by atoms with E-state index in [4.69, 9.17) is 9.41 Å². The van der Waals surface area contributed by atoms with Crippen LogP contribution in [0.3, 0.4) is 0 Å². The van der Waals surface area contributed by atoms with Crippen molar-refractivity contribution in [2.45, 2.75) is 19.0 Å². The normalized spacial score (nSPS) is 17.3. The Labute approximate surface area is 209 Å². The molecule has 1 aliphatic carbocycles. The van der Waals surface area contributed by atoms with Crippen molar-refractivity contribution in [1.82, 2.24) is 10.9 Å². The number of fused-ring (bicyclic) bond motifs is 3. The predicted octanol–water partition coefficient (Wildman–Crippen LogP) is 7.70. The summed E-state index contributed by atoms with van der Waals surface area (Å²) in [5.41, 5.74) is 15.2. The van der Waals surface area contributed by atoms with Crippen LogP contribution in [0.4, 0.5) is 0 Å². The first-order chi connectivity index (χ1) is 17.8. The van der Waals surface area contributed by atoms with Crippen LogP contribution in [0.2, 0.25) is 0 Å². The lowest BCUT2D eigenvalue weighted by atomic mass is 9.94. The second-order valence-electron chi connectivity index (χ2n) is 9.28. The summed E-state index contributed by atoms with van der Waals surface area (Å²) in [7, 11) is 0. The third-order valence-electron chi connectivity index (χ3n) is 6.96. The van der Waals surface area contributed by atoms with Gasteiger partial charge in [0.25, 0.3) is 0 Å². The number of aliphatic imine (C=N–C) groups is 1. The molecule has 1 atom stereocenters. The van der Waals surface area contributed by atoms with Gasteiger partial charge < -0.3 is 9.84 Å². The van der Waals surface area contributed by atoms with Gasteiger partial charge in [-0.05, 0) is 58.9 Å². The lowest BCUT2D eigenvalue weighted by Gasteiger charge is -2.09. The Bertz CT molecular complexity index is 1680. The molecule has 1 aliphatic heterocycles. The molecule has 4 aromatic carbocycles. The molecule has 0 fully saturated rings. The van der Waals surface area contributed by atoms with Crippen LogP contribution in [0.1, 0.15) is 24.6 Å². The van der Waals surface area contributed by atoms with Gasteiger partial charge in [0.15, 0.2) is 0 Å². The summed E-state index contributed by atoms with van der Waals surface area (Å²) >= 11 is 0. The van der Waals surface area contributed by atoms with Crippen LogP contribution in [0.5, 0.6) is 0 Å². The molecule has 2 aliphatic rings. The van der Waals surface area contributed by atoms with Crippen LogP contribution in [-0.2, 0) is 0 Å². The van der Waals surface area contributed by atoms with Gasteiger partial charge in [-0.3, -0.25) is 0 Å². The van der Waals surface area contributed by atoms with E-state index >= 15 is 0 Å². The molecule has 1 aromatic heterocycles. The third kappa shape index (κ3) is 3.63. The molecule has 4 nitrogen and oxygen atoms in total. The van der Waals surface area contributed by atoms with Crippen molar-refractivity contribution < 1.29 is 4.42 Å². The number of amidine groups is 1. The van der Waals surface area contributed by atoms with Crippen LogP contribution in [0, 0.1) is 0 Å². The van der Waals surface area contributed by atoms with Crippen molar-refractivity contribution in [3.63, 3.8) is 0 Å². The first-order valence-electron chi connectivity index (χ1n) is 12.4. The number of hydrogen-bond donors (Lipinski definition) is 2. The first kappa shape index (κ1) is 20.9. The van der Waals surface area contributed by atoms with Crippen molar-refractivity contribution in [2.24, 2.45) is 4.99 Å². The Balaban J connectivity index is 1.36. The van der Waals surface area contributed by atoms with E-state index in [1.165, 1.54) is 16.7 Å². The smallest absolute Gasteiger partial charge is 0.144 e. The van der Waals surface area contributed by atoms with E-state index in [-0.39, 0.29) is 6.17 Å². The van der Waals surface area contributed by atoms with E-state index in [1.54, 1.807) is 0 Å². The van der Waals surface area contributed by atoms with Crippen LogP contribution >= 0.6 is 0 Å². The molecule has 2 heterocycles. The summed E-state index contributed by atoms with van der Waals surface area (Å²) < 4.78 is 6.50. The largest absolute Gasteiger partial charge is 0.456 e. The Kier molecular flexibility index (Phi) is 5.04. The number of furan rings is 1. The SMILES string of the molecule is C1=CC(C2=NC(c3ccc4c(c3)oc3cc(-c5ccccc5)cc(-c5ccccc5)c34)NN2)=CCC1. The molecular formula is C32H25N3O. The Morgan fingerprint density at radius 3 is 2.33 bits per heavy atom. The molecule has 1 unspecified atom stereocenters. The molecule has 174 valence electrons. The quantitative estimate of drug-likeness (QED) is 0.285. The minimum absolute atomic E-state index is 0.165. The number of nitrogens with one attached hydrogen (secondary N) is 2. The van der Waals surface area contributed by atoms with E-state index in [1.807, 2.05) is 6.07 Å². The number of hydrazine groups is 1. The highest BCUT2D eigenvalue weighted by Crippen LogP contribution is 2.40. The van der Waals surface area contributed by atoms with Crippen molar-refractivity contribution in [3.05, 3.63) is 120 Å². The van der Waals surface area contributed by atoms with Gasteiger partial charge in [0, 0.05) is 16.3 Å². The first-order valence-corrected chi connectivity index (χ1v) is 12.4. The van der Waals surface area contributed by atoms with E-state index < -0.39 is 0 Å². The van der Waals surface area contributed by atoms with Gasteiger partial charge in [-0.15, -0.1) is 0 Å². The van der Waals surface area contributed by atoms with Gasteiger partial charge in [0.2, 0.25) is 0 Å². The second-order valence-corrected chi connectivity index (χ2v) is 9.28. The van der Waals surface area contributed by atoms with E-state index in [9.17, 15) is 0 Å². The summed E-state index contributed by atoms with van der Waals surface area (Å²) in [6, 6.07) is 31.9. The minimum Gasteiger partial charge on any atom is -0.456 e. The van der Waals surface area contributed by atoms with Crippen LogP contribution in [-0.4, -0.2) is 5.84 Å². The van der Waals surface area contributed by atoms with Gasteiger partial charge in [-0.1, -0.05) is 91.0 Å². The Morgan fingerprint density at radius 1 is 0.750 bits per heavy atom. The van der Waals surface area contributed by atoms with E-state index in [0.29, 0.717) is 0 Å². The van der Waals surface area contributed by atoms with Gasteiger partial charge in [-0.25, -0.2) is 10.4 Å². The minimum atomic E-state index is -0.165. The average Bonchev–Trinajstić information content (AvgIpc) is 3.59. The summed E-state index contributed by atoms with van der Waals surface area (Å²) in [4.78, 5) is 4.89. The number of nitrogens with zero attached hydrogens (tertiary/aromatic N) is 1. The molecule has 0 spiro atoms. The standard InChI is InChI=1S/C32H25N3O/c1-4-10-21(11-5-1)25-18-27(22-12-6-2-7-13-22)30-26-17-16-24(19-28(26)36-29(30)20-25)32-33-31(34-35-32)23-14-8-3-9-15-23/h1-2,4-8,10-20,32,35H,3,9H2,(H,33,34). The lowest BCUT2D eigenvalue weighted by molar-refractivity contribution is 0.573. The summed E-state index contributed by atoms with van der Waals surface area (Å²) in [6.07, 6.45) is 8.54. The van der Waals surface area contributed by atoms with Crippen LogP contribution < -0.4 is 10.9 Å². The fraction of sp³-hybridized carbons (Fsp3) is 0.0938. The fourth-order valence-electron chi connectivity index (χ4n) is 5.16. The fourth-order valence-corrected chi connectivity index (χ4v) is 5.16. The molecule has 2 N–H and O–H groups in total. The van der Waals surface area contributed by atoms with Crippen molar-refractivity contribution in [1.29, 1.82) is 0 Å². The number of hydrogen-bond acceptors (Lipinski definition) is 4. The lowest BCUT2D eigenvalue weighted by Crippen LogP contribution is -2.32. The maximum absolute atomic E-state index is 6.50. The molecular weight excluding hydrogens is 442 g/mol. The molecule has 4 heteroatoms. The molecule has 0 saturated carbocycles. The number of allylic oxidation sites excluding steroid dienone is 2. The van der Waals surface area contributed by atoms with E-state index in [0.717, 1.165) is 57.3 Å². The Hall–Kier alpha value is -4.41. The van der Waals surface area contributed by atoms with Crippen molar-refractivity contribution in [2.75, 3.05) is 0 Å².